The summed E-state index contributed by atoms with van der Waals surface area (Å²) >= 11 is 5.72. The zero-order valence-corrected chi connectivity index (χ0v) is 12.0. The summed E-state index contributed by atoms with van der Waals surface area (Å²) in [7, 11) is -4.18. The van der Waals surface area contributed by atoms with Crippen LogP contribution in [0, 0.1) is 6.92 Å². The molecule has 1 N–H and O–H groups in total. The second kappa shape index (κ2) is 5.82. The van der Waals surface area contributed by atoms with E-state index in [2.05, 4.69) is 19.7 Å². The molecule has 114 valence electrons. The SMILES string of the molecule is Cc1nonc1S(=O)(=O)Nc1cccc(Cl)c1OC(F)F. The quantitative estimate of drug-likeness (QED) is 0.899. The van der Waals surface area contributed by atoms with E-state index in [0.717, 1.165) is 0 Å². The van der Waals surface area contributed by atoms with E-state index < -0.39 is 27.4 Å². The van der Waals surface area contributed by atoms with Crippen molar-refractivity contribution in [1.29, 1.82) is 0 Å². The van der Waals surface area contributed by atoms with Gasteiger partial charge in [0.2, 0.25) is 5.03 Å². The summed E-state index contributed by atoms with van der Waals surface area (Å²) in [5.41, 5.74) is -0.244. The molecule has 0 aliphatic heterocycles. The molecule has 0 unspecified atom stereocenters. The minimum atomic E-state index is -4.18. The maximum atomic E-state index is 12.4. The van der Waals surface area contributed by atoms with Crippen molar-refractivity contribution in [1.82, 2.24) is 10.3 Å². The molecule has 21 heavy (non-hydrogen) atoms. The van der Waals surface area contributed by atoms with Crippen LogP contribution in [0.1, 0.15) is 5.69 Å². The van der Waals surface area contributed by atoms with Crippen LogP contribution in [0.25, 0.3) is 0 Å². The summed E-state index contributed by atoms with van der Waals surface area (Å²) < 4.78 is 59.4. The minimum Gasteiger partial charge on any atom is -0.431 e. The summed E-state index contributed by atoms with van der Waals surface area (Å²) in [5.74, 6) is -0.494. The number of aryl methyl sites for hydroxylation is 1. The molecule has 1 heterocycles. The van der Waals surface area contributed by atoms with Crippen molar-refractivity contribution in [3.8, 4) is 5.75 Å². The number of hydrogen-bond acceptors (Lipinski definition) is 6. The topological polar surface area (TPSA) is 94.3 Å². The summed E-state index contributed by atoms with van der Waals surface area (Å²) in [5, 5.41) is 5.93. The molecule has 0 aliphatic rings. The summed E-state index contributed by atoms with van der Waals surface area (Å²) in [4.78, 5) is 0. The van der Waals surface area contributed by atoms with Crippen LogP contribution >= 0.6 is 11.6 Å². The molecule has 1 aromatic heterocycles. The van der Waals surface area contributed by atoms with Crippen LogP contribution in [-0.2, 0) is 10.0 Å². The van der Waals surface area contributed by atoms with Crippen LogP contribution in [0.2, 0.25) is 5.02 Å². The summed E-state index contributed by atoms with van der Waals surface area (Å²) in [6.45, 7) is -1.80. The van der Waals surface area contributed by atoms with Gasteiger partial charge in [0.25, 0.3) is 10.0 Å². The predicted octanol–water partition coefficient (Wildman–Crippen LogP) is 2.43. The van der Waals surface area contributed by atoms with Gasteiger partial charge in [-0.15, -0.1) is 0 Å². The lowest BCUT2D eigenvalue weighted by atomic mass is 10.3. The Kier molecular flexibility index (Phi) is 4.28. The van der Waals surface area contributed by atoms with E-state index in [1.807, 2.05) is 4.72 Å². The Morgan fingerprint density at radius 1 is 1.38 bits per heavy atom. The fourth-order valence-electron chi connectivity index (χ4n) is 1.46. The van der Waals surface area contributed by atoms with Crippen LogP contribution in [0.5, 0.6) is 5.75 Å². The van der Waals surface area contributed by atoms with Crippen molar-refractivity contribution in [2.75, 3.05) is 4.72 Å². The van der Waals surface area contributed by atoms with Gasteiger partial charge in [-0.05, 0) is 24.2 Å². The standard InChI is InChI=1S/C10H8ClF2N3O4S/c1-5-9(15-20-14-5)21(17,18)16-7-4-2-3-6(11)8(7)19-10(12)13/h2-4,10,16H,1H3. The number of hydrogen-bond donors (Lipinski definition) is 1. The third-order valence-corrected chi connectivity index (χ3v) is 3.95. The van der Waals surface area contributed by atoms with Gasteiger partial charge >= 0.3 is 6.61 Å². The summed E-state index contributed by atoms with van der Waals surface area (Å²) in [6.07, 6.45) is 0. The van der Waals surface area contributed by atoms with Crippen molar-refractivity contribution >= 4 is 27.3 Å². The first-order chi connectivity index (χ1) is 9.81. The van der Waals surface area contributed by atoms with Crippen LogP contribution < -0.4 is 9.46 Å². The molecule has 0 bridgehead atoms. The van der Waals surface area contributed by atoms with Crippen molar-refractivity contribution < 1.29 is 26.6 Å². The largest absolute Gasteiger partial charge is 0.431 e. The number of nitrogens with one attached hydrogen (secondary N) is 1. The first kappa shape index (κ1) is 15.4. The first-order valence-corrected chi connectivity index (χ1v) is 7.22. The maximum Gasteiger partial charge on any atom is 0.387 e. The van der Waals surface area contributed by atoms with E-state index in [9.17, 15) is 17.2 Å². The Balaban J connectivity index is 2.40. The molecule has 0 spiro atoms. The lowest BCUT2D eigenvalue weighted by Crippen LogP contribution is -2.16. The lowest BCUT2D eigenvalue weighted by molar-refractivity contribution is -0.0492. The van der Waals surface area contributed by atoms with Crippen LogP contribution in [-0.4, -0.2) is 25.3 Å². The highest BCUT2D eigenvalue weighted by atomic mass is 35.5. The molecule has 0 saturated heterocycles. The van der Waals surface area contributed by atoms with E-state index in [1.165, 1.54) is 25.1 Å². The van der Waals surface area contributed by atoms with Crippen LogP contribution in [0.4, 0.5) is 14.5 Å². The smallest absolute Gasteiger partial charge is 0.387 e. The van der Waals surface area contributed by atoms with E-state index in [1.54, 1.807) is 0 Å². The lowest BCUT2D eigenvalue weighted by Gasteiger charge is -2.13. The molecule has 0 saturated carbocycles. The average molecular weight is 340 g/mol. The van der Waals surface area contributed by atoms with Gasteiger partial charge in [-0.3, -0.25) is 4.72 Å². The molecular weight excluding hydrogens is 332 g/mol. The summed E-state index contributed by atoms with van der Waals surface area (Å²) in [6, 6.07) is 3.86. The highest BCUT2D eigenvalue weighted by Crippen LogP contribution is 2.35. The number of aromatic nitrogens is 2. The molecule has 0 atom stereocenters. The molecule has 0 aliphatic carbocycles. The van der Waals surface area contributed by atoms with E-state index >= 15 is 0 Å². The molecule has 0 radical (unpaired) electrons. The fourth-order valence-corrected chi connectivity index (χ4v) is 2.78. The number of anilines is 1. The molecular formula is C10H8ClF2N3O4S. The van der Waals surface area contributed by atoms with E-state index in [4.69, 9.17) is 11.6 Å². The second-order valence-corrected chi connectivity index (χ2v) is 5.76. The Morgan fingerprint density at radius 2 is 2.10 bits per heavy atom. The average Bonchev–Trinajstić information content (AvgIpc) is 2.80. The van der Waals surface area contributed by atoms with Crippen molar-refractivity contribution in [2.45, 2.75) is 18.6 Å². The zero-order valence-electron chi connectivity index (χ0n) is 10.4. The minimum absolute atomic E-state index is 0.0147. The van der Waals surface area contributed by atoms with Crippen molar-refractivity contribution in [2.24, 2.45) is 0 Å². The number of rotatable bonds is 5. The van der Waals surface area contributed by atoms with Crippen molar-refractivity contribution in [3.63, 3.8) is 0 Å². The number of benzene rings is 1. The van der Waals surface area contributed by atoms with Gasteiger partial charge in [-0.2, -0.15) is 17.2 Å². The zero-order chi connectivity index (χ0) is 15.6. The van der Waals surface area contributed by atoms with Gasteiger partial charge in [0.1, 0.15) is 5.69 Å². The van der Waals surface area contributed by atoms with E-state index in [0.29, 0.717) is 0 Å². The number of sulfonamides is 1. The van der Waals surface area contributed by atoms with Gasteiger partial charge in [-0.1, -0.05) is 22.8 Å². The molecule has 11 heteroatoms. The van der Waals surface area contributed by atoms with Gasteiger partial charge in [0.15, 0.2) is 5.75 Å². The monoisotopic (exact) mass is 339 g/mol. The van der Waals surface area contributed by atoms with Gasteiger partial charge in [0.05, 0.1) is 10.7 Å². The van der Waals surface area contributed by atoms with Gasteiger partial charge in [-0.25, -0.2) is 4.63 Å². The van der Waals surface area contributed by atoms with Crippen molar-refractivity contribution in [3.05, 3.63) is 28.9 Å². The molecule has 2 aromatic rings. The number of halogens is 3. The fraction of sp³-hybridized carbons (Fsp3) is 0.200. The third-order valence-electron chi connectivity index (χ3n) is 2.28. The Bertz CT molecular complexity index is 751. The third kappa shape index (κ3) is 3.39. The van der Waals surface area contributed by atoms with Gasteiger partial charge in [0, 0.05) is 0 Å². The normalized spacial score (nSPS) is 11.7. The Morgan fingerprint density at radius 3 is 2.67 bits per heavy atom. The highest BCUT2D eigenvalue weighted by Gasteiger charge is 2.25. The number of alkyl halides is 2. The number of nitrogens with zero attached hydrogens (tertiary/aromatic N) is 2. The maximum absolute atomic E-state index is 12.4. The van der Waals surface area contributed by atoms with Crippen LogP contribution in [0.3, 0.4) is 0 Å². The molecule has 0 fully saturated rings. The first-order valence-electron chi connectivity index (χ1n) is 5.36. The Hall–Kier alpha value is -1.94. The predicted molar refractivity (Wildman–Crippen MR) is 67.9 cm³/mol. The Labute approximate surface area is 122 Å². The van der Waals surface area contributed by atoms with E-state index in [-0.39, 0.29) is 16.4 Å². The number of ether oxygens (including phenoxy) is 1. The van der Waals surface area contributed by atoms with Gasteiger partial charge < -0.3 is 4.74 Å². The molecule has 2 rings (SSSR count). The molecule has 7 nitrogen and oxygen atoms in total. The molecule has 1 aromatic carbocycles. The molecule has 0 amide bonds. The highest BCUT2D eigenvalue weighted by molar-refractivity contribution is 7.92. The second-order valence-electron chi connectivity index (χ2n) is 3.76. The number of para-hydroxylation sites is 1. The van der Waals surface area contributed by atoms with Crippen LogP contribution in [0.15, 0.2) is 27.9 Å².